The number of rotatable bonds is 4. The Labute approximate surface area is 152 Å². The van der Waals surface area contributed by atoms with Crippen LogP contribution in [0.15, 0.2) is 42.9 Å². The van der Waals surface area contributed by atoms with Crippen LogP contribution >= 0.6 is 11.6 Å². The molecule has 5 nitrogen and oxygen atoms in total. The van der Waals surface area contributed by atoms with Gasteiger partial charge in [-0.25, -0.2) is 9.37 Å². The lowest BCUT2D eigenvalue weighted by molar-refractivity contribution is -0.137. The van der Waals surface area contributed by atoms with E-state index in [9.17, 15) is 22.4 Å². The van der Waals surface area contributed by atoms with E-state index < -0.39 is 29.3 Å². The van der Waals surface area contributed by atoms with Gasteiger partial charge in [0.1, 0.15) is 11.4 Å². The summed E-state index contributed by atoms with van der Waals surface area (Å²) in [5.74, 6) is -2.82. The van der Waals surface area contributed by atoms with Crippen LogP contribution in [0.3, 0.4) is 0 Å². The minimum atomic E-state index is -4.69. The van der Waals surface area contributed by atoms with Gasteiger partial charge >= 0.3 is 6.18 Å². The second-order valence-electron chi connectivity index (χ2n) is 4.46. The average Bonchev–Trinajstić information content (AvgIpc) is 2.56. The van der Waals surface area contributed by atoms with Gasteiger partial charge in [0.05, 0.1) is 0 Å². The van der Waals surface area contributed by atoms with E-state index in [1.165, 1.54) is 24.3 Å². The predicted molar refractivity (Wildman–Crippen MR) is 92.0 cm³/mol. The lowest BCUT2D eigenvalue weighted by atomic mass is 10.2. The predicted octanol–water partition coefficient (Wildman–Crippen LogP) is 5.34. The molecule has 1 aromatic heterocycles. The molecule has 10 heteroatoms. The van der Waals surface area contributed by atoms with E-state index in [-0.39, 0.29) is 16.7 Å². The van der Waals surface area contributed by atoms with Crippen LogP contribution in [0.5, 0.6) is 0 Å². The molecule has 0 unspecified atom stereocenters. The molecule has 0 bridgehead atoms. The lowest BCUT2D eigenvalue weighted by Gasteiger charge is -2.14. The number of hydrogen-bond acceptors (Lipinski definition) is 4. The van der Waals surface area contributed by atoms with Crippen LogP contribution in [-0.2, 0) is 11.0 Å². The standard InChI is InChI=1S/C14H9ClF4N4O.C2H6/c1-7(16)12(24)22-9-4-2-3-8(5-9)21-11-10(14(17,18)19)6-20-13(15)23-11;1-2/h2-6H,1H2,(H,22,24)(H,20,21,23);1-2H3. The first kappa shape index (κ1) is 21.4. The number of anilines is 3. The first-order chi connectivity index (χ1) is 12.2. The Balaban J connectivity index is 0.00000163. The molecule has 0 aliphatic rings. The summed E-state index contributed by atoms with van der Waals surface area (Å²) in [6.07, 6.45) is -4.14. The molecule has 0 saturated carbocycles. The van der Waals surface area contributed by atoms with Crippen molar-refractivity contribution in [2.24, 2.45) is 0 Å². The molecule has 2 N–H and O–H groups in total. The Bertz CT molecular complexity index is 796. The van der Waals surface area contributed by atoms with E-state index in [0.29, 0.717) is 6.20 Å². The number of amides is 1. The highest BCUT2D eigenvalue weighted by molar-refractivity contribution is 6.28. The van der Waals surface area contributed by atoms with Gasteiger partial charge in [-0.15, -0.1) is 0 Å². The molecule has 0 radical (unpaired) electrons. The Morgan fingerprint density at radius 3 is 2.42 bits per heavy atom. The molecule has 140 valence electrons. The number of carbonyl (C=O) groups excluding carboxylic acids is 1. The number of carbonyl (C=O) groups is 1. The third-order valence-electron chi connectivity index (χ3n) is 2.69. The first-order valence-corrected chi connectivity index (χ1v) is 7.67. The summed E-state index contributed by atoms with van der Waals surface area (Å²) in [7, 11) is 0. The van der Waals surface area contributed by atoms with Crippen LogP contribution in [-0.4, -0.2) is 15.9 Å². The van der Waals surface area contributed by atoms with Crippen molar-refractivity contribution in [1.29, 1.82) is 0 Å². The van der Waals surface area contributed by atoms with Crippen LogP contribution in [0.4, 0.5) is 34.8 Å². The number of aromatic nitrogens is 2. The van der Waals surface area contributed by atoms with Gasteiger partial charge in [-0.05, 0) is 29.8 Å². The summed E-state index contributed by atoms with van der Waals surface area (Å²) in [5.41, 5.74) is -0.798. The average molecular weight is 391 g/mol. The Kier molecular flexibility index (Phi) is 7.51. The number of benzene rings is 1. The molecular weight excluding hydrogens is 376 g/mol. The number of hydrogen-bond donors (Lipinski definition) is 2. The molecule has 1 aromatic carbocycles. The maximum atomic E-state index is 13.0. The van der Waals surface area contributed by atoms with E-state index >= 15 is 0 Å². The quantitative estimate of drug-likeness (QED) is 0.420. The Morgan fingerprint density at radius 2 is 1.85 bits per heavy atom. The minimum Gasteiger partial charge on any atom is -0.340 e. The second kappa shape index (κ2) is 9.14. The van der Waals surface area contributed by atoms with E-state index in [0.717, 1.165) is 0 Å². The number of halogens is 5. The van der Waals surface area contributed by atoms with Crippen LogP contribution in [0, 0.1) is 0 Å². The normalized spacial score (nSPS) is 10.4. The van der Waals surface area contributed by atoms with Crippen LogP contribution in [0.25, 0.3) is 0 Å². The highest BCUT2D eigenvalue weighted by Gasteiger charge is 2.35. The smallest absolute Gasteiger partial charge is 0.340 e. The molecule has 0 atom stereocenters. The largest absolute Gasteiger partial charge is 0.421 e. The third-order valence-corrected chi connectivity index (χ3v) is 2.88. The van der Waals surface area contributed by atoms with Gasteiger partial charge in [0.15, 0.2) is 5.83 Å². The van der Waals surface area contributed by atoms with Gasteiger partial charge in [0.2, 0.25) is 5.28 Å². The molecule has 0 spiro atoms. The summed E-state index contributed by atoms with van der Waals surface area (Å²) in [4.78, 5) is 18.0. The maximum Gasteiger partial charge on any atom is 0.421 e. The molecule has 26 heavy (non-hydrogen) atoms. The van der Waals surface area contributed by atoms with E-state index in [1.807, 2.05) is 13.8 Å². The topological polar surface area (TPSA) is 66.9 Å². The summed E-state index contributed by atoms with van der Waals surface area (Å²) in [6.45, 7) is 6.84. The van der Waals surface area contributed by atoms with Gasteiger partial charge in [-0.1, -0.05) is 26.5 Å². The van der Waals surface area contributed by atoms with Crippen molar-refractivity contribution >= 4 is 34.7 Å². The Morgan fingerprint density at radius 1 is 1.23 bits per heavy atom. The molecule has 2 aromatic rings. The minimum absolute atomic E-state index is 0.150. The zero-order valence-electron chi connectivity index (χ0n) is 13.8. The zero-order chi connectivity index (χ0) is 19.9. The summed E-state index contributed by atoms with van der Waals surface area (Å²) in [6, 6.07) is 5.58. The number of nitrogens with zero attached hydrogens (tertiary/aromatic N) is 2. The van der Waals surface area contributed by atoms with Crippen LogP contribution in [0.1, 0.15) is 19.4 Å². The maximum absolute atomic E-state index is 13.0. The molecule has 1 heterocycles. The fourth-order valence-electron chi connectivity index (χ4n) is 1.67. The van der Waals surface area contributed by atoms with E-state index in [2.05, 4.69) is 27.2 Å². The zero-order valence-corrected chi connectivity index (χ0v) is 14.5. The molecule has 0 aliphatic carbocycles. The third kappa shape index (κ3) is 5.99. The molecule has 1 amide bonds. The molecular formula is C16H15ClF4N4O. The summed E-state index contributed by atoms with van der Waals surface area (Å²) >= 11 is 5.53. The highest BCUT2D eigenvalue weighted by Crippen LogP contribution is 2.35. The van der Waals surface area contributed by atoms with Gasteiger partial charge in [0.25, 0.3) is 5.91 Å². The van der Waals surface area contributed by atoms with Crippen molar-refractivity contribution in [3.63, 3.8) is 0 Å². The molecule has 0 aliphatic heterocycles. The second-order valence-corrected chi connectivity index (χ2v) is 4.80. The van der Waals surface area contributed by atoms with E-state index in [1.54, 1.807) is 0 Å². The van der Waals surface area contributed by atoms with Gasteiger partial charge < -0.3 is 10.6 Å². The van der Waals surface area contributed by atoms with Crippen molar-refractivity contribution in [2.75, 3.05) is 10.6 Å². The SMILES string of the molecule is C=C(F)C(=O)Nc1cccc(Nc2nc(Cl)ncc2C(F)(F)F)c1.CC. The van der Waals surface area contributed by atoms with Crippen molar-refractivity contribution in [3.8, 4) is 0 Å². The van der Waals surface area contributed by atoms with Crippen molar-refractivity contribution < 1.29 is 22.4 Å². The number of nitrogens with one attached hydrogen (secondary N) is 2. The number of alkyl halides is 3. The van der Waals surface area contributed by atoms with Gasteiger partial charge in [0, 0.05) is 17.6 Å². The van der Waals surface area contributed by atoms with Crippen molar-refractivity contribution in [1.82, 2.24) is 9.97 Å². The van der Waals surface area contributed by atoms with Gasteiger partial charge in [-0.3, -0.25) is 4.79 Å². The van der Waals surface area contributed by atoms with Gasteiger partial charge in [-0.2, -0.15) is 18.2 Å². The summed E-state index contributed by atoms with van der Waals surface area (Å²) in [5, 5.41) is 4.26. The van der Waals surface area contributed by atoms with Crippen LogP contribution in [0.2, 0.25) is 5.28 Å². The highest BCUT2D eigenvalue weighted by atomic mass is 35.5. The first-order valence-electron chi connectivity index (χ1n) is 7.29. The summed E-state index contributed by atoms with van der Waals surface area (Å²) < 4.78 is 51.5. The van der Waals surface area contributed by atoms with Crippen LogP contribution < -0.4 is 10.6 Å². The van der Waals surface area contributed by atoms with Crippen molar-refractivity contribution in [3.05, 3.63) is 53.7 Å². The molecule has 0 fully saturated rings. The van der Waals surface area contributed by atoms with Crippen molar-refractivity contribution in [2.45, 2.75) is 20.0 Å². The van der Waals surface area contributed by atoms with E-state index in [4.69, 9.17) is 11.6 Å². The molecule has 0 saturated heterocycles. The Hall–Kier alpha value is -2.68. The fourth-order valence-corrected chi connectivity index (χ4v) is 1.81. The molecule has 2 rings (SSSR count). The fraction of sp³-hybridized carbons (Fsp3) is 0.188. The monoisotopic (exact) mass is 390 g/mol. The lowest BCUT2D eigenvalue weighted by Crippen LogP contribution is -2.12.